The van der Waals surface area contributed by atoms with Gasteiger partial charge >= 0.3 is 12.3 Å². The summed E-state index contributed by atoms with van der Waals surface area (Å²) in [6.07, 6.45) is -6.09. The molecular formula is C24H38F3N5O6. The molecule has 5 amide bonds. The molecule has 11 nitrogen and oxygen atoms in total. The highest BCUT2D eigenvalue weighted by Crippen LogP contribution is 2.38. The lowest BCUT2D eigenvalue weighted by atomic mass is 9.85. The second-order valence-electron chi connectivity index (χ2n) is 11.9. The lowest BCUT2D eigenvalue weighted by Crippen LogP contribution is -2.59. The highest BCUT2D eigenvalue weighted by atomic mass is 19.4. The van der Waals surface area contributed by atoms with E-state index in [0.717, 1.165) is 4.90 Å². The molecule has 2 rings (SSSR count). The van der Waals surface area contributed by atoms with Gasteiger partial charge in [0.1, 0.15) is 23.7 Å². The van der Waals surface area contributed by atoms with Crippen molar-refractivity contribution in [2.75, 3.05) is 13.1 Å². The summed E-state index contributed by atoms with van der Waals surface area (Å²) in [5.74, 6) is -5.78. The summed E-state index contributed by atoms with van der Waals surface area (Å²) < 4.78 is 46.3. The number of carbonyl (C=O) groups is 5. The predicted octanol–water partition coefficient (Wildman–Crippen LogP) is 1.20. The van der Waals surface area contributed by atoms with Crippen LogP contribution in [0.3, 0.4) is 0 Å². The van der Waals surface area contributed by atoms with E-state index >= 15 is 0 Å². The Bertz CT molecular complexity index is 943. The first kappa shape index (κ1) is 31.2. The molecule has 2 heterocycles. The number of carbonyl (C=O) groups excluding carboxylic acids is 5. The Balaban J connectivity index is 2.31. The average Bonchev–Trinajstić information content (AvgIpc) is 3.35. The van der Waals surface area contributed by atoms with E-state index in [1.54, 1.807) is 41.5 Å². The van der Waals surface area contributed by atoms with E-state index in [9.17, 15) is 37.1 Å². The fraction of sp³-hybridized carbons (Fsp3) is 0.792. The summed E-state index contributed by atoms with van der Waals surface area (Å²) in [4.78, 5) is 63.9. The first-order chi connectivity index (χ1) is 17.2. The maximum atomic E-state index is 13.7. The van der Waals surface area contributed by atoms with Crippen molar-refractivity contribution in [3.05, 3.63) is 0 Å². The van der Waals surface area contributed by atoms with Crippen LogP contribution in [0.5, 0.6) is 0 Å². The smallest absolute Gasteiger partial charge is 0.408 e. The van der Waals surface area contributed by atoms with Crippen LogP contribution in [-0.4, -0.2) is 77.6 Å². The molecule has 2 aliphatic heterocycles. The second-order valence-corrected chi connectivity index (χ2v) is 11.9. The van der Waals surface area contributed by atoms with Gasteiger partial charge in [-0.3, -0.25) is 19.2 Å². The van der Waals surface area contributed by atoms with Gasteiger partial charge in [-0.05, 0) is 45.4 Å². The van der Waals surface area contributed by atoms with Crippen molar-refractivity contribution in [3.63, 3.8) is 0 Å². The number of nitrogens with zero attached hydrogens (tertiary/aromatic N) is 1. The van der Waals surface area contributed by atoms with Crippen molar-refractivity contribution in [1.82, 2.24) is 20.9 Å². The van der Waals surface area contributed by atoms with Gasteiger partial charge in [-0.2, -0.15) is 13.2 Å². The van der Waals surface area contributed by atoms with Crippen molar-refractivity contribution >= 4 is 29.7 Å². The van der Waals surface area contributed by atoms with Crippen LogP contribution in [0.1, 0.15) is 60.8 Å². The molecule has 0 aliphatic carbocycles. The zero-order valence-corrected chi connectivity index (χ0v) is 22.5. The molecule has 216 valence electrons. The van der Waals surface area contributed by atoms with Gasteiger partial charge in [0.25, 0.3) is 0 Å². The monoisotopic (exact) mass is 549 g/mol. The van der Waals surface area contributed by atoms with Gasteiger partial charge in [-0.25, -0.2) is 4.79 Å². The molecule has 0 spiro atoms. The third kappa shape index (κ3) is 8.22. The molecule has 2 unspecified atom stereocenters. The zero-order valence-electron chi connectivity index (χ0n) is 22.5. The second kappa shape index (κ2) is 11.4. The number of ether oxygens (including phenoxy) is 1. The fourth-order valence-electron chi connectivity index (χ4n) is 4.47. The van der Waals surface area contributed by atoms with E-state index in [1.807, 2.05) is 0 Å². The molecule has 0 aromatic carbocycles. The number of alkyl carbamates (subject to hydrolysis) is 1. The number of primary amides is 1. The van der Waals surface area contributed by atoms with Gasteiger partial charge in [-0.1, -0.05) is 20.8 Å². The molecule has 5 N–H and O–H groups in total. The van der Waals surface area contributed by atoms with Crippen LogP contribution < -0.4 is 21.7 Å². The first-order valence-corrected chi connectivity index (χ1v) is 12.4. The number of amides is 5. The summed E-state index contributed by atoms with van der Waals surface area (Å²) in [5, 5.41) is 7.37. The van der Waals surface area contributed by atoms with Crippen LogP contribution in [0.25, 0.3) is 0 Å². The predicted molar refractivity (Wildman–Crippen MR) is 129 cm³/mol. The number of likely N-dealkylation sites (tertiary alicyclic amines) is 1. The zero-order chi connectivity index (χ0) is 29.2. The van der Waals surface area contributed by atoms with Crippen LogP contribution >= 0.6 is 0 Å². The van der Waals surface area contributed by atoms with E-state index in [4.69, 9.17) is 10.5 Å². The van der Waals surface area contributed by atoms with Crippen molar-refractivity contribution in [1.29, 1.82) is 0 Å². The summed E-state index contributed by atoms with van der Waals surface area (Å²) in [5.41, 5.74) is 3.54. The fourth-order valence-corrected chi connectivity index (χ4v) is 4.47. The molecule has 0 aromatic rings. The largest absolute Gasteiger partial charge is 0.444 e. The summed E-state index contributed by atoms with van der Waals surface area (Å²) >= 11 is 0. The maximum Gasteiger partial charge on any atom is 0.408 e. The molecule has 0 saturated carbocycles. The van der Waals surface area contributed by atoms with Crippen LogP contribution in [0.2, 0.25) is 0 Å². The molecule has 0 bridgehead atoms. The van der Waals surface area contributed by atoms with E-state index < -0.39 is 83.9 Å². The Morgan fingerprint density at radius 3 is 2.16 bits per heavy atom. The Hall–Kier alpha value is -3.06. The molecule has 0 radical (unpaired) electrons. The number of hydrogen-bond acceptors (Lipinski definition) is 6. The molecule has 5 atom stereocenters. The lowest BCUT2D eigenvalue weighted by Gasteiger charge is -2.36. The normalized spacial score (nSPS) is 23.9. The van der Waals surface area contributed by atoms with E-state index in [0.29, 0.717) is 13.0 Å². The van der Waals surface area contributed by atoms with Crippen LogP contribution in [0.15, 0.2) is 0 Å². The Morgan fingerprint density at radius 2 is 1.71 bits per heavy atom. The quantitative estimate of drug-likeness (QED) is 0.373. The standard InChI is InChI=1S/C24H38F3N5O6/c1-22(2,3)16(31-21(37)38-23(4,5)6)20(36)32-11-13(24(25,26)27)10-15(32)19(35)30-14(17(28)33)9-12-7-8-29-18(12)34/h12-16H,7-11H2,1-6H3,(H2,28,33)(H,29,34)(H,30,35)(H,31,37)/t12-,13+,14?,15-,16?/m0/s1. The Morgan fingerprint density at radius 1 is 1.11 bits per heavy atom. The Kier molecular flexibility index (Phi) is 9.31. The summed E-state index contributed by atoms with van der Waals surface area (Å²) in [7, 11) is 0. The van der Waals surface area contributed by atoms with E-state index in [-0.39, 0.29) is 12.3 Å². The molecular weight excluding hydrogens is 511 g/mol. The van der Waals surface area contributed by atoms with E-state index in [2.05, 4.69) is 16.0 Å². The Labute approximate surface area is 219 Å². The SMILES string of the molecule is CC(C)(C)OC(=O)NC(C(=O)N1C[C@H](C(F)(F)F)C[C@H]1C(=O)NC(C[C@@H]1CCNC1=O)C(N)=O)C(C)(C)C. The van der Waals surface area contributed by atoms with Crippen molar-refractivity contribution in [2.24, 2.45) is 23.0 Å². The number of nitrogens with one attached hydrogen (secondary N) is 3. The van der Waals surface area contributed by atoms with Crippen molar-refractivity contribution < 1.29 is 41.9 Å². The van der Waals surface area contributed by atoms with Crippen LogP contribution in [0, 0.1) is 17.3 Å². The number of alkyl halides is 3. The minimum absolute atomic E-state index is 0.124. The molecule has 14 heteroatoms. The van der Waals surface area contributed by atoms with Gasteiger partial charge in [0.05, 0.1) is 5.92 Å². The van der Waals surface area contributed by atoms with Crippen LogP contribution in [-0.2, 0) is 23.9 Å². The first-order valence-electron chi connectivity index (χ1n) is 12.4. The topological polar surface area (TPSA) is 160 Å². The third-order valence-electron chi connectivity index (χ3n) is 6.47. The molecule has 38 heavy (non-hydrogen) atoms. The van der Waals surface area contributed by atoms with Gasteiger partial charge in [0.15, 0.2) is 0 Å². The summed E-state index contributed by atoms with van der Waals surface area (Å²) in [6, 6.07) is -4.23. The van der Waals surface area contributed by atoms with Gasteiger partial charge in [0.2, 0.25) is 23.6 Å². The van der Waals surface area contributed by atoms with Crippen molar-refractivity contribution in [3.8, 4) is 0 Å². The molecule has 2 fully saturated rings. The lowest BCUT2D eigenvalue weighted by molar-refractivity contribution is -0.171. The number of hydrogen-bond donors (Lipinski definition) is 4. The number of halogens is 3. The molecule has 2 aliphatic rings. The average molecular weight is 550 g/mol. The van der Waals surface area contributed by atoms with Gasteiger partial charge in [-0.15, -0.1) is 0 Å². The number of rotatable bonds is 7. The van der Waals surface area contributed by atoms with Crippen LogP contribution in [0.4, 0.5) is 18.0 Å². The maximum absolute atomic E-state index is 13.7. The minimum Gasteiger partial charge on any atom is -0.444 e. The highest BCUT2D eigenvalue weighted by molar-refractivity contribution is 5.94. The van der Waals surface area contributed by atoms with Gasteiger partial charge in [0, 0.05) is 19.0 Å². The molecule has 0 aromatic heterocycles. The van der Waals surface area contributed by atoms with E-state index in [1.165, 1.54) is 0 Å². The minimum atomic E-state index is -4.70. The summed E-state index contributed by atoms with van der Waals surface area (Å²) in [6.45, 7) is 9.23. The van der Waals surface area contributed by atoms with Gasteiger partial charge < -0.3 is 31.3 Å². The molecule has 2 saturated heterocycles. The third-order valence-corrected chi connectivity index (χ3v) is 6.47. The highest BCUT2D eigenvalue weighted by Gasteiger charge is 2.53. The number of nitrogens with two attached hydrogens (primary N) is 1. The van der Waals surface area contributed by atoms with Crippen molar-refractivity contribution in [2.45, 2.75) is 90.7 Å².